The molecule has 6 nitrogen and oxygen atoms in total. The average Bonchev–Trinajstić information content (AvgIpc) is 2.73. The lowest BCUT2D eigenvalue weighted by molar-refractivity contribution is -0.118. The normalized spacial score (nSPS) is 10.9. The second kappa shape index (κ2) is 9.22. The molecule has 0 saturated carbocycles. The molecule has 2 amide bonds. The fourth-order valence-corrected chi connectivity index (χ4v) is 2.80. The molecule has 0 fully saturated rings. The van der Waals surface area contributed by atoms with Crippen molar-refractivity contribution in [2.24, 2.45) is 0 Å². The fraction of sp³-hybridized carbons (Fsp3) is 0.208. The highest BCUT2D eigenvalue weighted by Gasteiger charge is 2.15. The Morgan fingerprint density at radius 3 is 2.27 bits per heavy atom. The lowest BCUT2D eigenvalue weighted by Gasteiger charge is -2.19. The van der Waals surface area contributed by atoms with Gasteiger partial charge < -0.3 is 15.4 Å². The first-order valence-electron chi connectivity index (χ1n) is 9.67. The van der Waals surface area contributed by atoms with Gasteiger partial charge in [0, 0.05) is 6.20 Å². The van der Waals surface area contributed by atoms with Gasteiger partial charge in [0.15, 0.2) is 6.61 Å². The molecule has 3 rings (SSSR count). The maximum absolute atomic E-state index is 12.6. The molecule has 0 bridgehead atoms. The predicted octanol–water partition coefficient (Wildman–Crippen LogP) is 4.65. The second-order valence-electron chi connectivity index (χ2n) is 7.83. The zero-order valence-corrected chi connectivity index (χ0v) is 17.3. The molecule has 0 atom stereocenters. The van der Waals surface area contributed by atoms with Crippen molar-refractivity contribution >= 4 is 23.3 Å². The van der Waals surface area contributed by atoms with Crippen LogP contribution in [0.3, 0.4) is 0 Å². The van der Waals surface area contributed by atoms with E-state index in [1.807, 2.05) is 24.3 Å². The molecule has 0 radical (unpaired) electrons. The molecule has 6 heteroatoms. The number of ether oxygens (including phenoxy) is 1. The highest BCUT2D eigenvalue weighted by atomic mass is 16.5. The summed E-state index contributed by atoms with van der Waals surface area (Å²) in [4.78, 5) is 29.0. The quantitative estimate of drug-likeness (QED) is 0.628. The summed E-state index contributed by atoms with van der Waals surface area (Å²) >= 11 is 0. The Balaban J connectivity index is 1.61. The van der Waals surface area contributed by atoms with E-state index in [-0.39, 0.29) is 23.8 Å². The van der Waals surface area contributed by atoms with Crippen LogP contribution in [0.1, 0.15) is 36.7 Å². The van der Waals surface area contributed by atoms with Gasteiger partial charge in [0.05, 0.1) is 11.3 Å². The zero-order chi connectivity index (χ0) is 21.6. The average molecular weight is 403 g/mol. The van der Waals surface area contributed by atoms with Gasteiger partial charge in [-0.3, -0.25) is 9.59 Å². The van der Waals surface area contributed by atoms with Crippen molar-refractivity contribution in [2.45, 2.75) is 26.2 Å². The van der Waals surface area contributed by atoms with E-state index in [1.54, 1.807) is 48.7 Å². The number of amides is 2. The summed E-state index contributed by atoms with van der Waals surface area (Å²) in [6.07, 6.45) is 1.59. The SMILES string of the molecule is CC(C)(C)c1ccc(OCC(=O)Nc2ccccc2C(=O)Nc2ccccn2)cc1. The topological polar surface area (TPSA) is 80.3 Å². The van der Waals surface area contributed by atoms with Gasteiger partial charge in [-0.1, -0.05) is 51.1 Å². The van der Waals surface area contributed by atoms with Crippen molar-refractivity contribution in [1.82, 2.24) is 4.98 Å². The number of aromatic nitrogens is 1. The van der Waals surface area contributed by atoms with E-state index in [4.69, 9.17) is 4.74 Å². The molecule has 0 aliphatic carbocycles. The summed E-state index contributed by atoms with van der Waals surface area (Å²) in [7, 11) is 0. The number of hydrogen-bond acceptors (Lipinski definition) is 4. The number of nitrogens with zero attached hydrogens (tertiary/aromatic N) is 1. The number of para-hydroxylation sites is 1. The highest BCUT2D eigenvalue weighted by molar-refractivity contribution is 6.09. The standard InChI is InChI=1S/C24H25N3O3/c1-24(2,3)17-11-13-18(14-12-17)30-16-22(28)26-20-9-5-4-8-19(20)23(29)27-21-10-6-7-15-25-21/h4-15H,16H2,1-3H3,(H,26,28)(H,25,27,29). The maximum atomic E-state index is 12.6. The lowest BCUT2D eigenvalue weighted by Crippen LogP contribution is -2.23. The van der Waals surface area contributed by atoms with Gasteiger partial charge in [-0.05, 0) is 47.4 Å². The first-order valence-corrected chi connectivity index (χ1v) is 9.67. The van der Waals surface area contributed by atoms with E-state index in [1.165, 1.54) is 5.56 Å². The summed E-state index contributed by atoms with van der Waals surface area (Å²) in [5.74, 6) is 0.335. The highest BCUT2D eigenvalue weighted by Crippen LogP contribution is 2.24. The van der Waals surface area contributed by atoms with Crippen LogP contribution in [0.25, 0.3) is 0 Å². The summed E-state index contributed by atoms with van der Waals surface area (Å²) < 4.78 is 5.58. The van der Waals surface area contributed by atoms with Gasteiger partial charge in [0.1, 0.15) is 11.6 Å². The van der Waals surface area contributed by atoms with E-state index in [2.05, 4.69) is 36.4 Å². The molecule has 0 aliphatic heterocycles. The number of anilines is 2. The minimum atomic E-state index is -0.358. The molecule has 1 aromatic heterocycles. The third kappa shape index (κ3) is 5.67. The zero-order valence-electron chi connectivity index (χ0n) is 17.3. The van der Waals surface area contributed by atoms with Crippen molar-refractivity contribution < 1.29 is 14.3 Å². The minimum absolute atomic E-state index is 0.0510. The van der Waals surface area contributed by atoms with Crippen LogP contribution in [0, 0.1) is 0 Å². The molecular weight excluding hydrogens is 378 g/mol. The van der Waals surface area contributed by atoms with Crippen molar-refractivity contribution in [2.75, 3.05) is 17.2 Å². The van der Waals surface area contributed by atoms with Crippen LogP contribution in [0.5, 0.6) is 5.75 Å². The van der Waals surface area contributed by atoms with Gasteiger partial charge in [-0.2, -0.15) is 0 Å². The first-order chi connectivity index (χ1) is 14.3. The number of rotatable bonds is 6. The van der Waals surface area contributed by atoms with Crippen LogP contribution in [-0.4, -0.2) is 23.4 Å². The first kappa shape index (κ1) is 21.0. The largest absolute Gasteiger partial charge is 0.484 e. The Morgan fingerprint density at radius 1 is 0.900 bits per heavy atom. The number of carbonyl (C=O) groups excluding carboxylic acids is 2. The van der Waals surface area contributed by atoms with Gasteiger partial charge in [0.2, 0.25) is 0 Å². The smallest absolute Gasteiger partial charge is 0.262 e. The molecule has 0 unspecified atom stereocenters. The molecular formula is C24H25N3O3. The molecule has 0 aliphatic rings. The van der Waals surface area contributed by atoms with E-state index in [9.17, 15) is 9.59 Å². The summed E-state index contributed by atoms with van der Waals surface area (Å²) in [5.41, 5.74) is 1.98. The van der Waals surface area contributed by atoms with Crippen LogP contribution in [-0.2, 0) is 10.2 Å². The second-order valence-corrected chi connectivity index (χ2v) is 7.83. The predicted molar refractivity (Wildman–Crippen MR) is 118 cm³/mol. The summed E-state index contributed by atoms with van der Waals surface area (Å²) in [6, 6.07) is 19.7. The Labute approximate surface area is 176 Å². The van der Waals surface area contributed by atoms with Crippen LogP contribution in [0.4, 0.5) is 11.5 Å². The Morgan fingerprint density at radius 2 is 1.60 bits per heavy atom. The van der Waals surface area contributed by atoms with E-state index in [0.29, 0.717) is 22.8 Å². The number of carbonyl (C=O) groups is 2. The van der Waals surface area contributed by atoms with E-state index >= 15 is 0 Å². The van der Waals surface area contributed by atoms with Gasteiger partial charge in [0.25, 0.3) is 11.8 Å². The van der Waals surface area contributed by atoms with Crippen molar-refractivity contribution in [3.8, 4) is 5.75 Å². The molecule has 2 N–H and O–H groups in total. The third-order valence-corrected chi connectivity index (χ3v) is 4.44. The lowest BCUT2D eigenvalue weighted by atomic mass is 9.87. The Bertz CT molecular complexity index is 1010. The Hall–Kier alpha value is -3.67. The molecule has 3 aromatic rings. The molecule has 30 heavy (non-hydrogen) atoms. The van der Waals surface area contributed by atoms with Crippen LogP contribution < -0.4 is 15.4 Å². The van der Waals surface area contributed by atoms with Gasteiger partial charge in [-0.25, -0.2) is 4.98 Å². The number of benzene rings is 2. The van der Waals surface area contributed by atoms with Crippen LogP contribution >= 0.6 is 0 Å². The summed E-state index contributed by atoms with van der Waals surface area (Å²) in [6.45, 7) is 6.25. The number of pyridine rings is 1. The Kier molecular flexibility index (Phi) is 6.47. The minimum Gasteiger partial charge on any atom is -0.484 e. The van der Waals surface area contributed by atoms with Gasteiger partial charge in [-0.15, -0.1) is 0 Å². The molecule has 2 aromatic carbocycles. The molecule has 0 spiro atoms. The van der Waals surface area contributed by atoms with E-state index in [0.717, 1.165) is 0 Å². The van der Waals surface area contributed by atoms with Crippen molar-refractivity contribution in [1.29, 1.82) is 0 Å². The third-order valence-electron chi connectivity index (χ3n) is 4.44. The number of nitrogens with one attached hydrogen (secondary N) is 2. The fourth-order valence-electron chi connectivity index (χ4n) is 2.80. The maximum Gasteiger partial charge on any atom is 0.262 e. The molecule has 154 valence electrons. The molecule has 1 heterocycles. The van der Waals surface area contributed by atoms with Crippen molar-refractivity contribution in [3.63, 3.8) is 0 Å². The number of hydrogen-bond donors (Lipinski definition) is 2. The van der Waals surface area contributed by atoms with Crippen LogP contribution in [0.2, 0.25) is 0 Å². The van der Waals surface area contributed by atoms with Crippen LogP contribution in [0.15, 0.2) is 72.9 Å². The van der Waals surface area contributed by atoms with E-state index < -0.39 is 0 Å². The monoisotopic (exact) mass is 403 g/mol. The summed E-state index contributed by atoms with van der Waals surface area (Å²) in [5, 5.41) is 5.45. The molecule has 0 saturated heterocycles. The van der Waals surface area contributed by atoms with Gasteiger partial charge >= 0.3 is 0 Å². The van der Waals surface area contributed by atoms with Crippen molar-refractivity contribution in [3.05, 3.63) is 84.1 Å².